The molecule has 0 saturated carbocycles. The maximum Gasteiger partial charge on any atom is 0.180 e. The summed E-state index contributed by atoms with van der Waals surface area (Å²) < 4.78 is 8.26. The van der Waals surface area contributed by atoms with Crippen molar-refractivity contribution in [1.82, 2.24) is 9.38 Å². The lowest BCUT2D eigenvalue weighted by Crippen LogP contribution is -2.05. The van der Waals surface area contributed by atoms with Gasteiger partial charge in [-0.3, -0.25) is 4.40 Å². The van der Waals surface area contributed by atoms with Crippen LogP contribution in [0.2, 0.25) is 0 Å². The van der Waals surface area contributed by atoms with Crippen LogP contribution in [-0.4, -0.2) is 9.38 Å². The van der Waals surface area contributed by atoms with Crippen LogP contribution in [0, 0.1) is 18.3 Å². The Bertz CT molecular complexity index is 920. The molecule has 4 rings (SSSR count). The molecule has 1 aliphatic rings. The Balaban J connectivity index is 1.74. The summed E-state index contributed by atoms with van der Waals surface area (Å²) in [5.74, 6) is 0.779. The molecule has 1 atom stereocenters. The second-order valence-electron chi connectivity index (χ2n) is 5.89. The molecule has 0 bridgehead atoms. The first kappa shape index (κ1) is 13.8. The van der Waals surface area contributed by atoms with Gasteiger partial charge in [0.05, 0.1) is 23.9 Å². The topological polar surface area (TPSA) is 50.3 Å². The summed E-state index contributed by atoms with van der Waals surface area (Å²) >= 11 is 0. The number of imidazole rings is 1. The Morgan fingerprint density at radius 1 is 1.30 bits per heavy atom. The number of benzene rings is 1. The van der Waals surface area contributed by atoms with Gasteiger partial charge in [0, 0.05) is 6.20 Å². The van der Waals surface area contributed by atoms with Crippen LogP contribution in [0.25, 0.3) is 5.65 Å². The van der Waals surface area contributed by atoms with Crippen molar-refractivity contribution in [3.8, 4) is 11.8 Å². The molecule has 1 aromatic carbocycles. The van der Waals surface area contributed by atoms with Gasteiger partial charge in [0.15, 0.2) is 11.4 Å². The van der Waals surface area contributed by atoms with Gasteiger partial charge in [-0.05, 0) is 43.0 Å². The van der Waals surface area contributed by atoms with Crippen molar-refractivity contribution < 1.29 is 4.74 Å². The molecule has 0 N–H and O–H groups in total. The molecule has 0 fully saturated rings. The van der Waals surface area contributed by atoms with Crippen LogP contribution in [0.15, 0.2) is 42.6 Å². The zero-order chi connectivity index (χ0) is 15.8. The third kappa shape index (κ3) is 2.25. The molecule has 2 aromatic heterocycles. The van der Waals surface area contributed by atoms with Crippen LogP contribution in [0.1, 0.15) is 35.0 Å². The second-order valence-corrected chi connectivity index (χ2v) is 5.89. The van der Waals surface area contributed by atoms with Gasteiger partial charge in [-0.15, -0.1) is 0 Å². The predicted octanol–water partition coefficient (Wildman–Crippen LogP) is 3.78. The quantitative estimate of drug-likeness (QED) is 0.740. The molecule has 0 amide bonds. The lowest BCUT2D eigenvalue weighted by atomic mass is 10.1. The highest BCUT2D eigenvalue weighted by Crippen LogP contribution is 2.36. The molecule has 4 heteroatoms. The van der Waals surface area contributed by atoms with E-state index >= 15 is 0 Å². The Kier molecular flexibility index (Phi) is 3.27. The number of hydrogen-bond acceptors (Lipinski definition) is 3. The van der Waals surface area contributed by atoms with E-state index in [0.29, 0.717) is 6.42 Å². The summed E-state index contributed by atoms with van der Waals surface area (Å²) in [7, 11) is 0. The molecule has 4 nitrogen and oxygen atoms in total. The van der Waals surface area contributed by atoms with Crippen molar-refractivity contribution in [2.75, 3.05) is 0 Å². The molecule has 0 aliphatic heterocycles. The Morgan fingerprint density at radius 3 is 3.04 bits per heavy atom. The van der Waals surface area contributed by atoms with Crippen LogP contribution >= 0.6 is 0 Å². The second kappa shape index (κ2) is 5.44. The fourth-order valence-corrected chi connectivity index (χ4v) is 3.38. The summed E-state index contributed by atoms with van der Waals surface area (Å²) in [6.45, 7) is 1.94. The SMILES string of the molecule is Cc1nc2c(OC3CCc4ccccc43)cccn2c1CC#N. The van der Waals surface area contributed by atoms with Crippen molar-refractivity contribution >= 4 is 5.65 Å². The molecule has 23 heavy (non-hydrogen) atoms. The molecule has 1 aliphatic carbocycles. The summed E-state index contributed by atoms with van der Waals surface area (Å²) in [6.07, 6.45) is 4.41. The number of hydrogen-bond donors (Lipinski definition) is 0. The minimum Gasteiger partial charge on any atom is -0.482 e. The predicted molar refractivity (Wildman–Crippen MR) is 87.4 cm³/mol. The van der Waals surface area contributed by atoms with E-state index in [1.165, 1.54) is 11.1 Å². The van der Waals surface area contributed by atoms with Crippen molar-refractivity contribution in [1.29, 1.82) is 5.26 Å². The lowest BCUT2D eigenvalue weighted by Gasteiger charge is -2.15. The molecule has 114 valence electrons. The van der Waals surface area contributed by atoms with E-state index in [1.807, 2.05) is 29.7 Å². The number of aromatic nitrogens is 2. The summed E-state index contributed by atoms with van der Waals surface area (Å²) in [5.41, 5.74) is 5.25. The number of pyridine rings is 1. The van der Waals surface area contributed by atoms with Crippen LogP contribution in [0.4, 0.5) is 0 Å². The van der Waals surface area contributed by atoms with E-state index in [9.17, 15) is 0 Å². The van der Waals surface area contributed by atoms with Gasteiger partial charge in [-0.1, -0.05) is 24.3 Å². The standard InChI is InChI=1S/C19H17N3O/c1-13-16(10-11-20)22-12-4-7-18(19(22)21-13)23-17-9-8-14-5-2-3-6-15(14)17/h2-7,12,17H,8-10H2,1H3. The van der Waals surface area contributed by atoms with Crippen LogP contribution < -0.4 is 4.74 Å². The van der Waals surface area contributed by atoms with Gasteiger partial charge >= 0.3 is 0 Å². The normalized spacial score (nSPS) is 16.3. The van der Waals surface area contributed by atoms with Crippen molar-refractivity contribution in [3.05, 3.63) is 65.1 Å². The van der Waals surface area contributed by atoms with Gasteiger partial charge in [0.1, 0.15) is 6.10 Å². The van der Waals surface area contributed by atoms with Gasteiger partial charge in [-0.25, -0.2) is 4.98 Å². The van der Waals surface area contributed by atoms with Gasteiger partial charge in [-0.2, -0.15) is 5.26 Å². The first-order chi connectivity index (χ1) is 11.3. The van der Waals surface area contributed by atoms with E-state index in [1.54, 1.807) is 0 Å². The van der Waals surface area contributed by atoms with Crippen molar-refractivity contribution in [3.63, 3.8) is 0 Å². The van der Waals surface area contributed by atoms with Crippen LogP contribution in [0.5, 0.6) is 5.75 Å². The molecular formula is C19H17N3O. The fourth-order valence-electron chi connectivity index (χ4n) is 3.38. The molecule has 1 unspecified atom stereocenters. The average Bonchev–Trinajstić information content (AvgIpc) is 3.11. The Hall–Kier alpha value is -2.80. The summed E-state index contributed by atoms with van der Waals surface area (Å²) in [5, 5.41) is 9.01. The first-order valence-electron chi connectivity index (χ1n) is 7.86. The largest absolute Gasteiger partial charge is 0.482 e. The first-order valence-corrected chi connectivity index (χ1v) is 7.86. The number of rotatable bonds is 3. The van der Waals surface area contributed by atoms with E-state index in [4.69, 9.17) is 10.00 Å². The number of nitriles is 1. The molecule has 2 heterocycles. The van der Waals surface area contributed by atoms with Crippen molar-refractivity contribution in [2.45, 2.75) is 32.3 Å². The van der Waals surface area contributed by atoms with E-state index < -0.39 is 0 Å². The average molecular weight is 303 g/mol. The molecule has 0 radical (unpaired) electrons. The number of nitrogens with zero attached hydrogens (tertiary/aromatic N) is 3. The van der Waals surface area contributed by atoms with Gasteiger partial charge in [0.2, 0.25) is 0 Å². The Labute approximate surface area is 135 Å². The maximum atomic E-state index is 9.01. The van der Waals surface area contributed by atoms with E-state index in [-0.39, 0.29) is 6.10 Å². The monoisotopic (exact) mass is 303 g/mol. The molecule has 0 saturated heterocycles. The zero-order valence-electron chi connectivity index (χ0n) is 13.0. The highest BCUT2D eigenvalue weighted by molar-refractivity contribution is 5.56. The Morgan fingerprint density at radius 2 is 2.17 bits per heavy atom. The third-order valence-corrected chi connectivity index (χ3v) is 4.51. The maximum absolute atomic E-state index is 9.01. The van der Waals surface area contributed by atoms with E-state index in [2.05, 4.69) is 35.3 Å². The zero-order valence-corrected chi connectivity index (χ0v) is 13.0. The smallest absolute Gasteiger partial charge is 0.180 e. The third-order valence-electron chi connectivity index (χ3n) is 4.51. The number of ether oxygens (including phenoxy) is 1. The van der Waals surface area contributed by atoms with Gasteiger partial charge in [0.25, 0.3) is 0 Å². The van der Waals surface area contributed by atoms with Crippen LogP contribution in [0.3, 0.4) is 0 Å². The van der Waals surface area contributed by atoms with E-state index in [0.717, 1.165) is 35.6 Å². The summed E-state index contributed by atoms with van der Waals surface area (Å²) in [6, 6.07) is 14.6. The lowest BCUT2D eigenvalue weighted by molar-refractivity contribution is 0.209. The molecule has 0 spiro atoms. The van der Waals surface area contributed by atoms with Crippen LogP contribution in [-0.2, 0) is 12.8 Å². The molecule has 3 aromatic rings. The highest BCUT2D eigenvalue weighted by Gasteiger charge is 2.24. The number of fused-ring (bicyclic) bond motifs is 2. The highest BCUT2D eigenvalue weighted by atomic mass is 16.5. The molecular weight excluding hydrogens is 286 g/mol. The minimum absolute atomic E-state index is 0.0776. The van der Waals surface area contributed by atoms with Crippen molar-refractivity contribution in [2.24, 2.45) is 0 Å². The number of aryl methyl sites for hydroxylation is 2. The minimum atomic E-state index is 0.0776. The summed E-state index contributed by atoms with van der Waals surface area (Å²) in [4.78, 5) is 4.62. The van der Waals surface area contributed by atoms with Gasteiger partial charge < -0.3 is 4.74 Å². The fraction of sp³-hybridized carbons (Fsp3) is 0.263.